The number of carbonyl (C=O) groups is 1. The van der Waals surface area contributed by atoms with Gasteiger partial charge in [-0.25, -0.2) is 0 Å². The summed E-state index contributed by atoms with van der Waals surface area (Å²) in [6, 6.07) is 7.45. The SMILES string of the molecule is NC1CCCCC1NC(=O)c1cccc(S)c1. The molecule has 1 saturated carbocycles. The van der Waals surface area contributed by atoms with Gasteiger partial charge in [-0.15, -0.1) is 12.6 Å². The zero-order chi connectivity index (χ0) is 12.3. The van der Waals surface area contributed by atoms with Crippen molar-refractivity contribution in [1.29, 1.82) is 0 Å². The van der Waals surface area contributed by atoms with E-state index in [1.165, 1.54) is 6.42 Å². The van der Waals surface area contributed by atoms with Crippen molar-refractivity contribution < 1.29 is 4.79 Å². The largest absolute Gasteiger partial charge is 0.348 e. The van der Waals surface area contributed by atoms with Gasteiger partial charge < -0.3 is 11.1 Å². The number of nitrogens with two attached hydrogens (primary N) is 1. The highest BCUT2D eigenvalue weighted by Gasteiger charge is 2.23. The predicted octanol–water partition coefficient (Wildman–Crippen LogP) is 1.97. The monoisotopic (exact) mass is 250 g/mol. The van der Waals surface area contributed by atoms with E-state index in [1.54, 1.807) is 12.1 Å². The van der Waals surface area contributed by atoms with E-state index in [-0.39, 0.29) is 18.0 Å². The Kier molecular flexibility index (Phi) is 4.07. The molecule has 92 valence electrons. The van der Waals surface area contributed by atoms with E-state index in [0.29, 0.717) is 5.56 Å². The first-order valence-electron chi connectivity index (χ1n) is 6.02. The van der Waals surface area contributed by atoms with Crippen LogP contribution in [0.5, 0.6) is 0 Å². The molecule has 0 radical (unpaired) electrons. The van der Waals surface area contributed by atoms with Crippen LogP contribution in [0, 0.1) is 0 Å². The number of carbonyl (C=O) groups excluding carboxylic acids is 1. The van der Waals surface area contributed by atoms with E-state index in [2.05, 4.69) is 17.9 Å². The number of thiol groups is 1. The van der Waals surface area contributed by atoms with Crippen LogP contribution in [0.4, 0.5) is 0 Å². The minimum absolute atomic E-state index is 0.0525. The van der Waals surface area contributed by atoms with E-state index in [9.17, 15) is 4.79 Å². The molecule has 17 heavy (non-hydrogen) atoms. The van der Waals surface area contributed by atoms with Gasteiger partial charge in [-0.3, -0.25) is 4.79 Å². The van der Waals surface area contributed by atoms with Gasteiger partial charge in [0.15, 0.2) is 0 Å². The Morgan fingerprint density at radius 1 is 1.35 bits per heavy atom. The third-order valence-corrected chi connectivity index (χ3v) is 3.52. The van der Waals surface area contributed by atoms with E-state index < -0.39 is 0 Å². The van der Waals surface area contributed by atoms with Crippen molar-refractivity contribution in [1.82, 2.24) is 5.32 Å². The third kappa shape index (κ3) is 3.23. The summed E-state index contributed by atoms with van der Waals surface area (Å²) in [5.41, 5.74) is 6.65. The zero-order valence-corrected chi connectivity index (χ0v) is 10.6. The van der Waals surface area contributed by atoms with Crippen molar-refractivity contribution >= 4 is 18.5 Å². The van der Waals surface area contributed by atoms with Crippen molar-refractivity contribution in [3.8, 4) is 0 Å². The molecular formula is C13H18N2OS. The molecule has 4 heteroatoms. The number of amides is 1. The molecule has 0 aliphatic heterocycles. The first kappa shape index (κ1) is 12.5. The van der Waals surface area contributed by atoms with Crippen LogP contribution in [-0.4, -0.2) is 18.0 Å². The van der Waals surface area contributed by atoms with Crippen LogP contribution in [0.3, 0.4) is 0 Å². The van der Waals surface area contributed by atoms with Crippen LogP contribution in [0.15, 0.2) is 29.2 Å². The maximum atomic E-state index is 12.0. The van der Waals surface area contributed by atoms with Crippen LogP contribution >= 0.6 is 12.6 Å². The second-order valence-corrected chi connectivity index (χ2v) is 5.09. The predicted molar refractivity (Wildman–Crippen MR) is 71.4 cm³/mol. The average molecular weight is 250 g/mol. The van der Waals surface area contributed by atoms with E-state index >= 15 is 0 Å². The fourth-order valence-corrected chi connectivity index (χ4v) is 2.46. The minimum atomic E-state index is -0.0525. The van der Waals surface area contributed by atoms with Crippen molar-refractivity contribution in [3.05, 3.63) is 29.8 Å². The molecule has 2 unspecified atom stereocenters. The summed E-state index contributed by atoms with van der Waals surface area (Å²) in [6.45, 7) is 0. The fraction of sp³-hybridized carbons (Fsp3) is 0.462. The molecule has 1 aromatic carbocycles. The molecule has 2 rings (SSSR count). The third-order valence-electron chi connectivity index (χ3n) is 3.24. The fourth-order valence-electron chi connectivity index (χ4n) is 2.24. The van der Waals surface area contributed by atoms with Crippen molar-refractivity contribution in [2.75, 3.05) is 0 Å². The van der Waals surface area contributed by atoms with Gasteiger partial charge in [0.25, 0.3) is 5.91 Å². The van der Waals surface area contributed by atoms with Crippen LogP contribution in [0.2, 0.25) is 0 Å². The van der Waals surface area contributed by atoms with Gasteiger partial charge in [-0.1, -0.05) is 18.9 Å². The lowest BCUT2D eigenvalue weighted by Gasteiger charge is -2.29. The standard InChI is InChI=1S/C13H18N2OS/c14-11-6-1-2-7-12(11)15-13(16)9-4-3-5-10(17)8-9/h3-5,8,11-12,17H,1-2,6-7,14H2,(H,15,16). The Bertz CT molecular complexity index is 408. The van der Waals surface area contributed by atoms with Gasteiger partial charge in [-0.05, 0) is 31.0 Å². The second-order valence-electron chi connectivity index (χ2n) is 4.58. The zero-order valence-electron chi connectivity index (χ0n) is 9.73. The lowest BCUT2D eigenvalue weighted by Crippen LogP contribution is -2.49. The van der Waals surface area contributed by atoms with Crippen molar-refractivity contribution in [2.45, 2.75) is 42.7 Å². The minimum Gasteiger partial charge on any atom is -0.348 e. The summed E-state index contributed by atoms with van der Waals surface area (Å²) in [5, 5.41) is 3.01. The molecule has 1 amide bonds. The summed E-state index contributed by atoms with van der Waals surface area (Å²) < 4.78 is 0. The Balaban J connectivity index is 2.01. The second kappa shape index (κ2) is 5.56. The molecule has 0 heterocycles. The lowest BCUT2D eigenvalue weighted by molar-refractivity contribution is 0.0921. The molecule has 0 aromatic heterocycles. The first-order valence-corrected chi connectivity index (χ1v) is 6.47. The summed E-state index contributed by atoms with van der Waals surface area (Å²) in [4.78, 5) is 12.8. The number of hydrogen-bond donors (Lipinski definition) is 3. The number of hydrogen-bond acceptors (Lipinski definition) is 3. The Morgan fingerprint density at radius 3 is 2.82 bits per heavy atom. The molecule has 1 fully saturated rings. The van der Waals surface area contributed by atoms with E-state index in [4.69, 9.17) is 5.73 Å². The maximum absolute atomic E-state index is 12.0. The molecule has 1 aliphatic carbocycles. The van der Waals surface area contributed by atoms with E-state index in [0.717, 1.165) is 24.2 Å². The van der Waals surface area contributed by atoms with Gasteiger partial charge in [0.05, 0.1) is 0 Å². The quantitative estimate of drug-likeness (QED) is 0.703. The molecule has 0 bridgehead atoms. The summed E-state index contributed by atoms with van der Waals surface area (Å²) in [5.74, 6) is -0.0525. The van der Waals surface area contributed by atoms with Gasteiger partial charge in [0.1, 0.15) is 0 Å². The van der Waals surface area contributed by atoms with Crippen molar-refractivity contribution in [2.24, 2.45) is 5.73 Å². The molecule has 0 saturated heterocycles. The topological polar surface area (TPSA) is 55.1 Å². The van der Waals surface area contributed by atoms with E-state index in [1.807, 2.05) is 12.1 Å². The highest BCUT2D eigenvalue weighted by atomic mass is 32.1. The van der Waals surface area contributed by atoms with Gasteiger partial charge >= 0.3 is 0 Å². The highest BCUT2D eigenvalue weighted by Crippen LogP contribution is 2.17. The average Bonchev–Trinajstić information content (AvgIpc) is 2.32. The van der Waals surface area contributed by atoms with Crippen LogP contribution in [-0.2, 0) is 0 Å². The van der Waals surface area contributed by atoms with Gasteiger partial charge in [0, 0.05) is 22.5 Å². The van der Waals surface area contributed by atoms with Crippen LogP contribution in [0.1, 0.15) is 36.0 Å². The number of benzene rings is 1. The summed E-state index contributed by atoms with van der Waals surface area (Å²) >= 11 is 4.23. The first-order chi connectivity index (χ1) is 8.16. The molecule has 2 atom stereocenters. The van der Waals surface area contributed by atoms with Gasteiger partial charge in [0.2, 0.25) is 0 Å². The molecule has 3 N–H and O–H groups in total. The van der Waals surface area contributed by atoms with Crippen LogP contribution < -0.4 is 11.1 Å². The molecule has 3 nitrogen and oxygen atoms in total. The van der Waals surface area contributed by atoms with Gasteiger partial charge in [-0.2, -0.15) is 0 Å². The van der Waals surface area contributed by atoms with Crippen molar-refractivity contribution in [3.63, 3.8) is 0 Å². The van der Waals surface area contributed by atoms with Crippen LogP contribution in [0.25, 0.3) is 0 Å². The lowest BCUT2D eigenvalue weighted by atomic mass is 9.91. The molecular weight excluding hydrogens is 232 g/mol. The normalized spacial score (nSPS) is 24.4. The molecule has 1 aromatic rings. The Morgan fingerprint density at radius 2 is 2.12 bits per heavy atom. The summed E-state index contributed by atoms with van der Waals surface area (Å²) in [6.07, 6.45) is 4.29. The molecule has 0 spiro atoms. The Hall–Kier alpha value is -1.00. The maximum Gasteiger partial charge on any atom is 0.251 e. The number of rotatable bonds is 2. The smallest absolute Gasteiger partial charge is 0.251 e. The summed E-state index contributed by atoms with van der Waals surface area (Å²) in [7, 11) is 0. The molecule has 1 aliphatic rings. The highest BCUT2D eigenvalue weighted by molar-refractivity contribution is 7.80. The number of nitrogens with one attached hydrogen (secondary N) is 1. The Labute approximate surface area is 107 Å².